The van der Waals surface area contributed by atoms with Gasteiger partial charge in [0.25, 0.3) is 0 Å². The van der Waals surface area contributed by atoms with E-state index in [0.717, 1.165) is 12.6 Å². The van der Waals surface area contributed by atoms with Crippen LogP contribution in [0.5, 0.6) is 5.75 Å². The van der Waals surface area contributed by atoms with Crippen molar-refractivity contribution in [3.8, 4) is 5.75 Å². The van der Waals surface area contributed by atoms with Gasteiger partial charge < -0.3 is 16.2 Å². The van der Waals surface area contributed by atoms with E-state index in [4.69, 9.17) is 5.73 Å². The van der Waals surface area contributed by atoms with Gasteiger partial charge >= 0.3 is 0 Å². The summed E-state index contributed by atoms with van der Waals surface area (Å²) in [5.74, 6) is -0.991. The number of piperazine rings is 1. The van der Waals surface area contributed by atoms with E-state index in [1.807, 2.05) is 11.8 Å². The smallest absolute Gasteiger partial charge is 0.236 e. The highest BCUT2D eigenvalue weighted by atomic mass is 19.1. The zero-order chi connectivity index (χ0) is 14.0. The molecule has 0 aromatic heterocycles. The summed E-state index contributed by atoms with van der Waals surface area (Å²) in [5, 5.41) is 12.9. The Morgan fingerprint density at radius 2 is 2.37 bits per heavy atom. The molecule has 6 heteroatoms. The molecule has 2 unspecified atom stereocenters. The van der Waals surface area contributed by atoms with Crippen molar-refractivity contribution in [2.75, 3.05) is 19.6 Å². The Balaban J connectivity index is 2.25. The van der Waals surface area contributed by atoms with Gasteiger partial charge in [0, 0.05) is 37.3 Å². The quantitative estimate of drug-likeness (QED) is 0.738. The number of primary amides is 1. The molecule has 1 amide bonds. The summed E-state index contributed by atoms with van der Waals surface area (Å²) in [6.07, 6.45) is 0. The van der Waals surface area contributed by atoms with Crippen molar-refractivity contribution in [3.63, 3.8) is 0 Å². The molecule has 1 aliphatic heterocycles. The van der Waals surface area contributed by atoms with E-state index in [1.54, 1.807) is 0 Å². The summed E-state index contributed by atoms with van der Waals surface area (Å²) >= 11 is 0. The van der Waals surface area contributed by atoms with Gasteiger partial charge in [-0.3, -0.25) is 9.69 Å². The number of halogens is 1. The molecule has 1 aromatic carbocycles. The summed E-state index contributed by atoms with van der Waals surface area (Å²) in [6, 6.07) is 3.28. The Morgan fingerprint density at radius 3 is 3.00 bits per heavy atom. The fourth-order valence-electron chi connectivity index (χ4n) is 2.50. The summed E-state index contributed by atoms with van der Waals surface area (Å²) < 4.78 is 13.0. The van der Waals surface area contributed by atoms with Crippen LogP contribution in [0.2, 0.25) is 0 Å². The maximum atomic E-state index is 13.0. The van der Waals surface area contributed by atoms with E-state index < -0.39 is 17.8 Å². The molecule has 19 heavy (non-hydrogen) atoms. The molecular weight excluding hydrogens is 249 g/mol. The molecule has 0 saturated carbocycles. The van der Waals surface area contributed by atoms with Crippen LogP contribution in [0, 0.1) is 5.82 Å². The first-order valence-corrected chi connectivity index (χ1v) is 6.25. The number of nitrogens with two attached hydrogens (primary N) is 1. The summed E-state index contributed by atoms with van der Waals surface area (Å²) in [6.45, 7) is 3.75. The largest absolute Gasteiger partial charge is 0.508 e. The normalized spacial score (nSPS) is 22.1. The topological polar surface area (TPSA) is 78.6 Å². The second-order valence-electron chi connectivity index (χ2n) is 4.74. The minimum atomic E-state index is -0.486. The fourth-order valence-corrected chi connectivity index (χ4v) is 2.50. The third-order valence-electron chi connectivity index (χ3n) is 3.55. The number of nitrogens with zero attached hydrogens (tertiary/aromatic N) is 1. The number of phenols is 1. The first kappa shape index (κ1) is 13.8. The number of amides is 1. The number of hydrogen-bond donors (Lipinski definition) is 3. The Kier molecular flexibility index (Phi) is 4.01. The molecule has 2 atom stereocenters. The number of aromatic hydroxyl groups is 1. The number of phenolic OH excluding ortho intramolecular Hbond substituents is 1. The van der Waals surface area contributed by atoms with Crippen molar-refractivity contribution >= 4 is 5.91 Å². The molecule has 1 aromatic rings. The molecule has 0 bridgehead atoms. The van der Waals surface area contributed by atoms with Gasteiger partial charge in [0.2, 0.25) is 5.91 Å². The van der Waals surface area contributed by atoms with Crippen LogP contribution in [0.1, 0.15) is 18.5 Å². The van der Waals surface area contributed by atoms with Gasteiger partial charge in [-0.2, -0.15) is 0 Å². The van der Waals surface area contributed by atoms with E-state index in [-0.39, 0.29) is 11.8 Å². The van der Waals surface area contributed by atoms with Crippen molar-refractivity contribution in [1.29, 1.82) is 0 Å². The second-order valence-corrected chi connectivity index (χ2v) is 4.74. The molecule has 4 N–H and O–H groups in total. The SMILES string of the molecule is CC(c1ccc(F)cc1O)N1CCNCC1C(N)=O. The van der Waals surface area contributed by atoms with Crippen LogP contribution in [0.25, 0.3) is 0 Å². The van der Waals surface area contributed by atoms with Gasteiger partial charge in [0.05, 0.1) is 0 Å². The van der Waals surface area contributed by atoms with E-state index in [2.05, 4.69) is 5.32 Å². The molecule has 0 aliphatic carbocycles. The average molecular weight is 267 g/mol. The summed E-state index contributed by atoms with van der Waals surface area (Å²) in [4.78, 5) is 13.4. The van der Waals surface area contributed by atoms with Crippen molar-refractivity contribution < 1.29 is 14.3 Å². The molecular formula is C13H18FN3O2. The molecule has 0 radical (unpaired) electrons. The molecule has 1 fully saturated rings. The zero-order valence-electron chi connectivity index (χ0n) is 10.8. The number of carbonyl (C=O) groups excluding carboxylic acids is 1. The lowest BCUT2D eigenvalue weighted by Gasteiger charge is -2.38. The van der Waals surface area contributed by atoms with Gasteiger partial charge in [0.15, 0.2) is 0 Å². The maximum absolute atomic E-state index is 13.0. The highest BCUT2D eigenvalue weighted by Gasteiger charge is 2.31. The Bertz CT molecular complexity index is 481. The zero-order valence-corrected chi connectivity index (χ0v) is 10.8. The first-order valence-electron chi connectivity index (χ1n) is 6.25. The van der Waals surface area contributed by atoms with Crippen LogP contribution in [-0.4, -0.2) is 41.6 Å². The van der Waals surface area contributed by atoms with Gasteiger partial charge in [-0.15, -0.1) is 0 Å². The van der Waals surface area contributed by atoms with Crippen LogP contribution < -0.4 is 11.1 Å². The average Bonchev–Trinajstić information content (AvgIpc) is 2.38. The minimum absolute atomic E-state index is 0.103. The van der Waals surface area contributed by atoms with E-state index in [1.165, 1.54) is 12.1 Å². The van der Waals surface area contributed by atoms with E-state index in [0.29, 0.717) is 18.7 Å². The lowest BCUT2D eigenvalue weighted by molar-refractivity contribution is -0.124. The Morgan fingerprint density at radius 1 is 1.63 bits per heavy atom. The van der Waals surface area contributed by atoms with Crippen LogP contribution in [-0.2, 0) is 4.79 Å². The standard InChI is InChI=1S/C13H18FN3O2/c1-8(10-3-2-9(14)6-12(10)18)17-5-4-16-7-11(17)13(15)19/h2-3,6,8,11,16,18H,4-5,7H2,1H3,(H2,15,19). The summed E-state index contributed by atoms with van der Waals surface area (Å²) in [5.41, 5.74) is 5.98. The van der Waals surface area contributed by atoms with Crippen molar-refractivity contribution in [2.24, 2.45) is 5.73 Å². The maximum Gasteiger partial charge on any atom is 0.236 e. The Labute approximate surface area is 111 Å². The second kappa shape index (κ2) is 5.54. The van der Waals surface area contributed by atoms with Crippen molar-refractivity contribution in [2.45, 2.75) is 19.0 Å². The van der Waals surface area contributed by atoms with Crippen LogP contribution in [0.15, 0.2) is 18.2 Å². The Hall–Kier alpha value is -1.66. The first-order chi connectivity index (χ1) is 9.00. The van der Waals surface area contributed by atoms with Crippen molar-refractivity contribution in [3.05, 3.63) is 29.6 Å². The highest BCUT2D eigenvalue weighted by Crippen LogP contribution is 2.30. The molecule has 5 nitrogen and oxygen atoms in total. The van der Waals surface area contributed by atoms with E-state index in [9.17, 15) is 14.3 Å². The molecule has 1 heterocycles. The number of benzene rings is 1. The predicted octanol–water partition coefficient (Wildman–Crippen LogP) is 0.351. The van der Waals surface area contributed by atoms with Crippen LogP contribution in [0.3, 0.4) is 0 Å². The fraction of sp³-hybridized carbons (Fsp3) is 0.462. The lowest BCUT2D eigenvalue weighted by atomic mass is 10.0. The van der Waals surface area contributed by atoms with Crippen LogP contribution in [0.4, 0.5) is 4.39 Å². The lowest BCUT2D eigenvalue weighted by Crippen LogP contribution is -2.57. The van der Waals surface area contributed by atoms with Gasteiger partial charge in [-0.25, -0.2) is 4.39 Å². The molecule has 0 spiro atoms. The van der Waals surface area contributed by atoms with Gasteiger partial charge in [-0.05, 0) is 13.0 Å². The van der Waals surface area contributed by atoms with Crippen LogP contribution >= 0.6 is 0 Å². The van der Waals surface area contributed by atoms with Gasteiger partial charge in [-0.1, -0.05) is 6.07 Å². The van der Waals surface area contributed by atoms with E-state index >= 15 is 0 Å². The number of rotatable bonds is 3. The number of nitrogens with one attached hydrogen (secondary N) is 1. The predicted molar refractivity (Wildman–Crippen MR) is 69.0 cm³/mol. The summed E-state index contributed by atoms with van der Waals surface area (Å²) in [7, 11) is 0. The van der Waals surface area contributed by atoms with Gasteiger partial charge in [0.1, 0.15) is 17.6 Å². The minimum Gasteiger partial charge on any atom is -0.508 e. The number of carbonyl (C=O) groups is 1. The van der Waals surface area contributed by atoms with Crippen molar-refractivity contribution in [1.82, 2.24) is 10.2 Å². The molecule has 2 rings (SSSR count). The number of hydrogen-bond acceptors (Lipinski definition) is 4. The third-order valence-corrected chi connectivity index (χ3v) is 3.55. The third kappa shape index (κ3) is 2.85. The monoisotopic (exact) mass is 267 g/mol. The molecule has 1 saturated heterocycles. The highest BCUT2D eigenvalue weighted by molar-refractivity contribution is 5.80. The molecule has 1 aliphatic rings. The molecule has 104 valence electrons.